The molecule has 0 spiro atoms. The largest absolute Gasteiger partial charge is 0.247 e. The van der Waals surface area contributed by atoms with E-state index in [-0.39, 0.29) is 0 Å². The summed E-state index contributed by atoms with van der Waals surface area (Å²) in [5.41, 5.74) is 6.59. The van der Waals surface area contributed by atoms with Crippen LogP contribution >= 0.6 is 0 Å². The predicted molar refractivity (Wildman–Crippen MR) is 88.9 cm³/mol. The maximum atomic E-state index is 4.98. The van der Waals surface area contributed by atoms with E-state index in [9.17, 15) is 0 Å². The zero-order valence-electron chi connectivity index (χ0n) is 12.0. The molecule has 4 aromatic rings. The average Bonchev–Trinajstić information content (AvgIpc) is 2.94. The normalized spacial score (nSPS) is 13.6. The summed E-state index contributed by atoms with van der Waals surface area (Å²) in [4.78, 5) is 4.98. The Morgan fingerprint density at radius 1 is 0.810 bits per heavy atom. The van der Waals surface area contributed by atoms with Crippen molar-refractivity contribution >= 4 is 32.6 Å². The molecule has 1 aliphatic rings. The highest BCUT2D eigenvalue weighted by Crippen LogP contribution is 2.37. The molecular formula is C20H15N. The van der Waals surface area contributed by atoms with Crippen LogP contribution in [0.2, 0.25) is 0 Å². The number of aryl methyl sites for hydroxylation is 3. The smallest absolute Gasteiger partial charge is 0.0791 e. The van der Waals surface area contributed by atoms with Crippen molar-refractivity contribution in [1.29, 1.82) is 0 Å². The molecular weight excluding hydrogens is 254 g/mol. The SMILES string of the molecule is Cc1c2ccccc2nc2c1cc1c3c(cccc32)CC1. The highest BCUT2D eigenvalue weighted by atomic mass is 14.7. The molecule has 0 unspecified atom stereocenters. The van der Waals surface area contributed by atoms with Crippen molar-refractivity contribution in [3.63, 3.8) is 0 Å². The van der Waals surface area contributed by atoms with Crippen LogP contribution in [0.4, 0.5) is 0 Å². The van der Waals surface area contributed by atoms with Gasteiger partial charge in [0.25, 0.3) is 0 Å². The molecule has 1 aromatic heterocycles. The Balaban J connectivity index is 2.11. The topological polar surface area (TPSA) is 12.9 Å². The average molecular weight is 269 g/mol. The molecule has 1 heteroatoms. The zero-order chi connectivity index (χ0) is 14.0. The monoisotopic (exact) mass is 269 g/mol. The summed E-state index contributed by atoms with van der Waals surface area (Å²) in [6, 6.07) is 17.5. The van der Waals surface area contributed by atoms with Crippen LogP contribution in [0.1, 0.15) is 16.7 Å². The maximum Gasteiger partial charge on any atom is 0.0791 e. The number of hydrogen-bond donors (Lipinski definition) is 0. The number of benzene rings is 3. The third-order valence-electron chi connectivity index (χ3n) is 4.91. The summed E-state index contributed by atoms with van der Waals surface area (Å²) in [5, 5.41) is 5.36. The molecule has 0 saturated heterocycles. The molecule has 0 saturated carbocycles. The Bertz CT molecular complexity index is 1040. The van der Waals surface area contributed by atoms with Gasteiger partial charge in [-0.2, -0.15) is 0 Å². The Hall–Kier alpha value is -2.41. The zero-order valence-corrected chi connectivity index (χ0v) is 12.0. The number of hydrogen-bond acceptors (Lipinski definition) is 1. The fourth-order valence-corrected chi connectivity index (χ4v) is 3.87. The molecule has 0 radical (unpaired) electrons. The van der Waals surface area contributed by atoms with Crippen LogP contribution in [0.5, 0.6) is 0 Å². The van der Waals surface area contributed by atoms with E-state index in [2.05, 4.69) is 55.5 Å². The minimum absolute atomic E-state index is 1.10. The van der Waals surface area contributed by atoms with Gasteiger partial charge in [-0.15, -0.1) is 0 Å². The van der Waals surface area contributed by atoms with Gasteiger partial charge in [0, 0.05) is 16.2 Å². The number of nitrogens with zero attached hydrogens (tertiary/aromatic N) is 1. The molecule has 0 aliphatic heterocycles. The molecule has 0 N–H and O–H groups in total. The first-order valence-corrected chi connectivity index (χ1v) is 7.55. The third kappa shape index (κ3) is 1.38. The first kappa shape index (κ1) is 11.3. The number of para-hydroxylation sites is 1. The second kappa shape index (κ2) is 3.82. The van der Waals surface area contributed by atoms with Gasteiger partial charge in [0.05, 0.1) is 11.0 Å². The highest BCUT2D eigenvalue weighted by molar-refractivity contribution is 6.12. The molecule has 0 fully saturated rings. The van der Waals surface area contributed by atoms with E-state index in [1.165, 1.54) is 44.7 Å². The lowest BCUT2D eigenvalue weighted by Gasteiger charge is -2.11. The summed E-state index contributed by atoms with van der Waals surface area (Å²) in [7, 11) is 0. The van der Waals surface area contributed by atoms with Gasteiger partial charge < -0.3 is 0 Å². The highest BCUT2D eigenvalue weighted by Gasteiger charge is 2.18. The lowest BCUT2D eigenvalue weighted by atomic mass is 9.97. The molecule has 1 heterocycles. The first-order chi connectivity index (χ1) is 10.3. The van der Waals surface area contributed by atoms with Crippen molar-refractivity contribution in [2.45, 2.75) is 19.8 Å². The van der Waals surface area contributed by atoms with E-state index in [0.29, 0.717) is 0 Å². The summed E-state index contributed by atoms with van der Waals surface area (Å²) >= 11 is 0. The molecule has 5 rings (SSSR count). The van der Waals surface area contributed by atoms with Gasteiger partial charge in [0.15, 0.2) is 0 Å². The third-order valence-corrected chi connectivity index (χ3v) is 4.91. The minimum atomic E-state index is 1.10. The number of aromatic nitrogens is 1. The number of rotatable bonds is 0. The second-order valence-electron chi connectivity index (χ2n) is 6.03. The predicted octanol–water partition coefficient (Wildman–Crippen LogP) is 4.95. The van der Waals surface area contributed by atoms with E-state index in [1.54, 1.807) is 0 Å². The molecule has 3 aromatic carbocycles. The van der Waals surface area contributed by atoms with Crippen molar-refractivity contribution < 1.29 is 0 Å². The van der Waals surface area contributed by atoms with Gasteiger partial charge in [0.2, 0.25) is 0 Å². The standard InChI is InChI=1S/C20H15N/c1-12-15-6-2-3-8-18(15)21-20-16-7-4-5-13-9-10-14(19(13)16)11-17(12)20/h2-8,11H,9-10H2,1H3. The van der Waals surface area contributed by atoms with Gasteiger partial charge in [-0.3, -0.25) is 0 Å². The van der Waals surface area contributed by atoms with Crippen LogP contribution in [-0.2, 0) is 12.8 Å². The molecule has 21 heavy (non-hydrogen) atoms. The van der Waals surface area contributed by atoms with E-state index in [4.69, 9.17) is 4.98 Å². The summed E-state index contributed by atoms with van der Waals surface area (Å²) < 4.78 is 0. The number of pyridine rings is 1. The molecule has 0 amide bonds. The lowest BCUT2D eigenvalue weighted by molar-refractivity contribution is 1.03. The van der Waals surface area contributed by atoms with Gasteiger partial charge in [-0.25, -0.2) is 4.98 Å². The van der Waals surface area contributed by atoms with Gasteiger partial charge in [-0.05, 0) is 54.0 Å². The molecule has 1 nitrogen and oxygen atoms in total. The Morgan fingerprint density at radius 3 is 2.57 bits per heavy atom. The van der Waals surface area contributed by atoms with Gasteiger partial charge >= 0.3 is 0 Å². The van der Waals surface area contributed by atoms with Crippen molar-refractivity contribution in [2.24, 2.45) is 0 Å². The van der Waals surface area contributed by atoms with E-state index in [1.807, 2.05) is 0 Å². The van der Waals surface area contributed by atoms with E-state index >= 15 is 0 Å². The van der Waals surface area contributed by atoms with Crippen LogP contribution in [0.25, 0.3) is 32.6 Å². The van der Waals surface area contributed by atoms with Crippen molar-refractivity contribution in [3.8, 4) is 0 Å². The Kier molecular flexibility index (Phi) is 2.05. The maximum absolute atomic E-state index is 4.98. The van der Waals surface area contributed by atoms with Gasteiger partial charge in [-0.1, -0.05) is 36.4 Å². The first-order valence-electron chi connectivity index (χ1n) is 7.55. The Morgan fingerprint density at radius 2 is 1.62 bits per heavy atom. The van der Waals surface area contributed by atoms with Crippen LogP contribution in [0.15, 0.2) is 48.5 Å². The van der Waals surface area contributed by atoms with Crippen molar-refractivity contribution in [2.75, 3.05) is 0 Å². The van der Waals surface area contributed by atoms with Gasteiger partial charge in [0.1, 0.15) is 0 Å². The minimum Gasteiger partial charge on any atom is -0.247 e. The van der Waals surface area contributed by atoms with E-state index < -0.39 is 0 Å². The summed E-state index contributed by atoms with van der Waals surface area (Å²) in [6.07, 6.45) is 2.33. The van der Waals surface area contributed by atoms with Crippen molar-refractivity contribution in [1.82, 2.24) is 4.98 Å². The Labute approximate surface area is 123 Å². The molecule has 1 aliphatic carbocycles. The summed E-state index contributed by atoms with van der Waals surface area (Å²) in [6.45, 7) is 2.23. The van der Waals surface area contributed by atoms with E-state index in [0.717, 1.165) is 17.5 Å². The van der Waals surface area contributed by atoms with Crippen LogP contribution in [-0.4, -0.2) is 4.98 Å². The van der Waals surface area contributed by atoms with Crippen LogP contribution in [0, 0.1) is 6.92 Å². The van der Waals surface area contributed by atoms with Crippen LogP contribution in [0.3, 0.4) is 0 Å². The fraction of sp³-hybridized carbons (Fsp3) is 0.150. The molecule has 100 valence electrons. The second-order valence-corrected chi connectivity index (χ2v) is 6.03. The summed E-state index contributed by atoms with van der Waals surface area (Å²) in [5.74, 6) is 0. The quantitative estimate of drug-likeness (QED) is 0.325. The van der Waals surface area contributed by atoms with Crippen LogP contribution < -0.4 is 0 Å². The number of fused-ring (bicyclic) bond motifs is 3. The fourth-order valence-electron chi connectivity index (χ4n) is 3.87. The molecule has 0 bridgehead atoms. The molecule has 0 atom stereocenters. The lowest BCUT2D eigenvalue weighted by Crippen LogP contribution is -1.91. The van der Waals surface area contributed by atoms with Crippen molar-refractivity contribution in [3.05, 3.63) is 65.2 Å².